The van der Waals surface area contributed by atoms with Crippen LogP contribution >= 0.6 is 0 Å². The topological polar surface area (TPSA) is 60.5 Å². The highest BCUT2D eigenvalue weighted by Gasteiger charge is 2.27. The third-order valence-electron chi connectivity index (χ3n) is 4.27. The van der Waals surface area contributed by atoms with Gasteiger partial charge in [0.15, 0.2) is 0 Å². The summed E-state index contributed by atoms with van der Waals surface area (Å²) in [5.41, 5.74) is 1.60. The first-order valence-corrected chi connectivity index (χ1v) is 7.72. The molecule has 1 amide bonds. The van der Waals surface area contributed by atoms with Gasteiger partial charge in [0, 0.05) is 63.7 Å². The Balaban J connectivity index is 1.62. The van der Waals surface area contributed by atoms with E-state index in [1.54, 1.807) is 6.20 Å². The molecule has 2 saturated heterocycles. The van der Waals surface area contributed by atoms with Crippen LogP contribution in [0.2, 0.25) is 0 Å². The number of nitrogens with one attached hydrogen (secondary N) is 2. The van der Waals surface area contributed by atoms with E-state index >= 15 is 0 Å². The Morgan fingerprint density at radius 3 is 2.76 bits per heavy atom. The van der Waals surface area contributed by atoms with Gasteiger partial charge in [-0.3, -0.25) is 14.7 Å². The van der Waals surface area contributed by atoms with Crippen molar-refractivity contribution in [3.63, 3.8) is 0 Å². The number of hydrogen-bond acceptors (Lipinski definition) is 5. The molecule has 0 radical (unpaired) electrons. The van der Waals surface area contributed by atoms with Crippen LogP contribution < -0.4 is 15.5 Å². The molecule has 3 rings (SSSR count). The minimum absolute atomic E-state index is 0.0986. The van der Waals surface area contributed by atoms with E-state index in [1.165, 1.54) is 0 Å². The largest absolute Gasteiger partial charge is 0.369 e. The molecule has 0 aromatic carbocycles. The number of nitrogens with zero attached hydrogens (tertiary/aromatic N) is 3. The maximum Gasteiger partial charge on any atom is 0.269 e. The van der Waals surface area contributed by atoms with Gasteiger partial charge in [-0.25, -0.2) is 0 Å². The first kappa shape index (κ1) is 14.3. The fourth-order valence-corrected chi connectivity index (χ4v) is 2.87. The minimum Gasteiger partial charge on any atom is -0.369 e. The fraction of sp³-hybridized carbons (Fsp3) is 0.600. The molecule has 0 atom stereocenters. The van der Waals surface area contributed by atoms with E-state index in [9.17, 15) is 4.79 Å². The molecule has 6 nitrogen and oxygen atoms in total. The van der Waals surface area contributed by atoms with Gasteiger partial charge in [0.2, 0.25) is 0 Å². The number of carbonyl (C=O) groups excluding carboxylic acids is 1. The number of anilines is 1. The monoisotopic (exact) mass is 289 g/mol. The second kappa shape index (κ2) is 6.41. The summed E-state index contributed by atoms with van der Waals surface area (Å²) in [4.78, 5) is 20.9. The van der Waals surface area contributed by atoms with Crippen molar-refractivity contribution in [3.05, 3.63) is 24.0 Å². The maximum absolute atomic E-state index is 11.9. The molecular formula is C15H23N5O. The van der Waals surface area contributed by atoms with E-state index in [1.807, 2.05) is 19.1 Å². The molecule has 0 bridgehead atoms. The number of amides is 1. The Morgan fingerprint density at radius 1 is 1.38 bits per heavy atom. The predicted molar refractivity (Wildman–Crippen MR) is 82.7 cm³/mol. The molecule has 0 aliphatic carbocycles. The predicted octanol–water partition coefficient (Wildman–Crippen LogP) is -0.0749. The van der Waals surface area contributed by atoms with Gasteiger partial charge in [-0.15, -0.1) is 0 Å². The van der Waals surface area contributed by atoms with E-state index in [0.29, 0.717) is 12.2 Å². The Kier molecular flexibility index (Phi) is 4.36. The summed E-state index contributed by atoms with van der Waals surface area (Å²) in [5, 5.41) is 6.12. The summed E-state index contributed by atoms with van der Waals surface area (Å²) < 4.78 is 0. The number of carbonyl (C=O) groups is 1. The summed E-state index contributed by atoms with van der Waals surface area (Å²) in [6.07, 6.45) is 1.72. The third-order valence-corrected chi connectivity index (χ3v) is 4.27. The second-order valence-electron chi connectivity index (χ2n) is 5.59. The number of pyridine rings is 1. The third kappa shape index (κ3) is 3.16. The molecule has 114 valence electrons. The quantitative estimate of drug-likeness (QED) is 0.812. The van der Waals surface area contributed by atoms with Crippen molar-refractivity contribution in [2.45, 2.75) is 13.0 Å². The molecule has 2 aliphatic rings. The van der Waals surface area contributed by atoms with Crippen LogP contribution in [0.15, 0.2) is 18.3 Å². The molecule has 21 heavy (non-hydrogen) atoms. The lowest BCUT2D eigenvalue weighted by atomic mass is 10.1. The Morgan fingerprint density at radius 2 is 2.14 bits per heavy atom. The van der Waals surface area contributed by atoms with Crippen LogP contribution in [-0.4, -0.2) is 67.6 Å². The van der Waals surface area contributed by atoms with Gasteiger partial charge >= 0.3 is 0 Å². The van der Waals surface area contributed by atoms with Crippen molar-refractivity contribution in [1.82, 2.24) is 20.5 Å². The first-order valence-electron chi connectivity index (χ1n) is 7.72. The number of piperazine rings is 1. The van der Waals surface area contributed by atoms with Gasteiger partial charge in [0.1, 0.15) is 5.69 Å². The van der Waals surface area contributed by atoms with Crippen molar-refractivity contribution in [2.24, 2.45) is 0 Å². The normalized spacial score (nSPS) is 20.1. The van der Waals surface area contributed by atoms with Crippen molar-refractivity contribution in [1.29, 1.82) is 0 Å². The summed E-state index contributed by atoms with van der Waals surface area (Å²) in [7, 11) is 0. The lowest BCUT2D eigenvalue weighted by molar-refractivity contribution is 0.0951. The van der Waals surface area contributed by atoms with Crippen molar-refractivity contribution >= 4 is 11.6 Å². The highest BCUT2D eigenvalue weighted by atomic mass is 16.1. The molecule has 0 saturated carbocycles. The fourth-order valence-electron chi connectivity index (χ4n) is 2.87. The second-order valence-corrected chi connectivity index (χ2v) is 5.59. The van der Waals surface area contributed by atoms with Crippen molar-refractivity contribution < 1.29 is 4.79 Å². The summed E-state index contributed by atoms with van der Waals surface area (Å²) >= 11 is 0. The summed E-state index contributed by atoms with van der Waals surface area (Å²) in [6.45, 7) is 8.98. The molecule has 0 unspecified atom stereocenters. The molecule has 1 aromatic rings. The highest BCUT2D eigenvalue weighted by molar-refractivity contribution is 5.93. The van der Waals surface area contributed by atoms with E-state index in [4.69, 9.17) is 0 Å². The molecule has 6 heteroatoms. The van der Waals surface area contributed by atoms with E-state index in [0.717, 1.165) is 51.0 Å². The zero-order chi connectivity index (χ0) is 14.7. The number of hydrogen-bond donors (Lipinski definition) is 2. The van der Waals surface area contributed by atoms with Gasteiger partial charge < -0.3 is 15.5 Å². The van der Waals surface area contributed by atoms with Gasteiger partial charge in [-0.1, -0.05) is 0 Å². The Labute approximate surface area is 125 Å². The average Bonchev–Trinajstić information content (AvgIpc) is 2.47. The van der Waals surface area contributed by atoms with Crippen LogP contribution in [0.5, 0.6) is 0 Å². The standard InChI is InChI=1S/C15H23N5O/c1-2-17-15(21)14-9-12(3-4-18-14)19-5-7-20(8-6-19)13-10-16-11-13/h3-4,9,13,16H,2,5-8,10-11H2,1H3,(H,17,21). The van der Waals surface area contributed by atoms with Crippen LogP contribution in [0.25, 0.3) is 0 Å². The zero-order valence-electron chi connectivity index (χ0n) is 12.5. The highest BCUT2D eigenvalue weighted by Crippen LogP contribution is 2.18. The molecule has 2 N–H and O–H groups in total. The van der Waals surface area contributed by atoms with Crippen molar-refractivity contribution in [3.8, 4) is 0 Å². The number of rotatable bonds is 4. The van der Waals surface area contributed by atoms with Gasteiger partial charge in [0.25, 0.3) is 5.91 Å². The molecule has 0 spiro atoms. The maximum atomic E-state index is 11.9. The molecule has 2 fully saturated rings. The van der Waals surface area contributed by atoms with Crippen LogP contribution in [0, 0.1) is 0 Å². The number of aromatic nitrogens is 1. The lowest BCUT2D eigenvalue weighted by Crippen LogP contribution is -2.61. The molecule has 3 heterocycles. The lowest BCUT2D eigenvalue weighted by Gasteiger charge is -2.43. The zero-order valence-corrected chi connectivity index (χ0v) is 12.5. The van der Waals surface area contributed by atoms with E-state index in [-0.39, 0.29) is 5.91 Å². The van der Waals surface area contributed by atoms with Gasteiger partial charge in [-0.05, 0) is 19.1 Å². The summed E-state index contributed by atoms with van der Waals surface area (Å²) in [5.74, 6) is -0.0986. The SMILES string of the molecule is CCNC(=O)c1cc(N2CCN(C3CNC3)CC2)ccn1. The van der Waals surface area contributed by atoms with Gasteiger partial charge in [0.05, 0.1) is 0 Å². The van der Waals surface area contributed by atoms with Crippen molar-refractivity contribution in [2.75, 3.05) is 50.7 Å². The summed E-state index contributed by atoms with van der Waals surface area (Å²) in [6, 6.07) is 4.60. The van der Waals surface area contributed by atoms with Crippen LogP contribution in [0.1, 0.15) is 17.4 Å². The van der Waals surface area contributed by atoms with Crippen LogP contribution in [-0.2, 0) is 0 Å². The van der Waals surface area contributed by atoms with Crippen LogP contribution in [0.3, 0.4) is 0 Å². The van der Waals surface area contributed by atoms with Gasteiger partial charge in [-0.2, -0.15) is 0 Å². The molecule has 1 aromatic heterocycles. The first-order chi connectivity index (χ1) is 10.3. The smallest absolute Gasteiger partial charge is 0.269 e. The van der Waals surface area contributed by atoms with E-state index in [2.05, 4.69) is 25.4 Å². The van der Waals surface area contributed by atoms with E-state index < -0.39 is 0 Å². The average molecular weight is 289 g/mol. The minimum atomic E-state index is -0.0986. The Bertz CT molecular complexity index is 495. The molecule has 2 aliphatic heterocycles. The Hall–Kier alpha value is -1.66. The van der Waals surface area contributed by atoms with Crippen LogP contribution in [0.4, 0.5) is 5.69 Å². The molecular weight excluding hydrogens is 266 g/mol.